The zero-order valence-corrected chi connectivity index (χ0v) is 10.8. The van der Waals surface area contributed by atoms with E-state index in [-0.39, 0.29) is 5.56 Å². The van der Waals surface area contributed by atoms with Gasteiger partial charge in [-0.25, -0.2) is 4.79 Å². The molecule has 114 valence electrons. The van der Waals surface area contributed by atoms with Crippen molar-refractivity contribution in [1.29, 1.82) is 0 Å². The molecule has 0 saturated heterocycles. The van der Waals surface area contributed by atoms with Gasteiger partial charge >= 0.3 is 12.1 Å². The van der Waals surface area contributed by atoms with E-state index in [1.807, 2.05) is 0 Å². The Labute approximate surface area is 121 Å². The Kier molecular flexibility index (Phi) is 3.85. The molecule has 0 aromatic heterocycles. The minimum atomic E-state index is -4.72. The Morgan fingerprint density at radius 1 is 1.09 bits per heavy atom. The molecule has 2 aromatic rings. The van der Waals surface area contributed by atoms with E-state index in [1.165, 1.54) is 6.07 Å². The van der Waals surface area contributed by atoms with Crippen LogP contribution in [0.15, 0.2) is 42.5 Å². The van der Waals surface area contributed by atoms with E-state index in [0.29, 0.717) is 0 Å². The average Bonchev–Trinajstić information content (AvgIpc) is 2.45. The highest BCUT2D eigenvalue weighted by atomic mass is 19.4. The lowest BCUT2D eigenvalue weighted by atomic mass is 9.96. The fourth-order valence-electron chi connectivity index (χ4n) is 2.01. The van der Waals surface area contributed by atoms with Gasteiger partial charge in [0.2, 0.25) is 0 Å². The number of carboxylic acid groups (broad SMARTS) is 1. The van der Waals surface area contributed by atoms with Crippen LogP contribution in [-0.4, -0.2) is 16.0 Å². The molecule has 0 atom stereocenters. The van der Waals surface area contributed by atoms with E-state index in [1.54, 1.807) is 0 Å². The molecule has 0 unspecified atom stereocenters. The Bertz CT molecular complexity index is 756. The molecule has 1 N–H and O–H groups in total. The average molecular weight is 311 g/mol. The zero-order valence-electron chi connectivity index (χ0n) is 10.8. The van der Waals surface area contributed by atoms with E-state index in [2.05, 4.69) is 0 Å². The maximum absolute atomic E-state index is 13.0. The second-order valence-corrected chi connectivity index (χ2v) is 4.34. The summed E-state index contributed by atoms with van der Waals surface area (Å²) in [5.74, 6) is -1.39. The Balaban J connectivity index is 2.79. The first-order valence-corrected chi connectivity index (χ1v) is 5.90. The van der Waals surface area contributed by atoms with Gasteiger partial charge in [-0.15, -0.1) is 0 Å². The number of halogens is 3. The third-order valence-corrected chi connectivity index (χ3v) is 2.96. The van der Waals surface area contributed by atoms with Crippen molar-refractivity contribution in [3.05, 3.63) is 63.7 Å². The van der Waals surface area contributed by atoms with Gasteiger partial charge in [-0.1, -0.05) is 18.2 Å². The highest BCUT2D eigenvalue weighted by molar-refractivity contribution is 5.91. The highest BCUT2D eigenvalue weighted by Gasteiger charge is 2.35. The second-order valence-electron chi connectivity index (χ2n) is 4.34. The van der Waals surface area contributed by atoms with Crippen LogP contribution in [0.5, 0.6) is 0 Å². The van der Waals surface area contributed by atoms with Gasteiger partial charge in [0, 0.05) is 11.6 Å². The summed E-state index contributed by atoms with van der Waals surface area (Å²) in [5.41, 5.74) is -2.83. The molecule has 0 fully saturated rings. The summed E-state index contributed by atoms with van der Waals surface area (Å²) in [4.78, 5) is 21.1. The molecule has 8 heteroatoms. The monoisotopic (exact) mass is 311 g/mol. The van der Waals surface area contributed by atoms with Crippen molar-refractivity contribution in [2.24, 2.45) is 0 Å². The van der Waals surface area contributed by atoms with Gasteiger partial charge in [0.05, 0.1) is 21.6 Å². The van der Waals surface area contributed by atoms with Gasteiger partial charge in [-0.3, -0.25) is 10.1 Å². The van der Waals surface area contributed by atoms with Crippen LogP contribution in [0.3, 0.4) is 0 Å². The fraction of sp³-hybridized carbons (Fsp3) is 0.0714. The number of rotatable bonds is 3. The smallest absolute Gasteiger partial charge is 0.417 e. The molecule has 0 aliphatic carbocycles. The topological polar surface area (TPSA) is 80.4 Å². The lowest BCUT2D eigenvalue weighted by molar-refractivity contribution is -0.384. The lowest BCUT2D eigenvalue weighted by Gasteiger charge is -2.13. The lowest BCUT2D eigenvalue weighted by Crippen LogP contribution is -2.08. The number of alkyl halides is 3. The number of hydrogen-bond donors (Lipinski definition) is 1. The maximum atomic E-state index is 13.0. The van der Waals surface area contributed by atoms with Crippen molar-refractivity contribution in [1.82, 2.24) is 0 Å². The van der Waals surface area contributed by atoms with Gasteiger partial charge in [-0.05, 0) is 18.2 Å². The van der Waals surface area contributed by atoms with Crippen molar-refractivity contribution >= 4 is 11.7 Å². The zero-order chi connectivity index (χ0) is 16.5. The van der Waals surface area contributed by atoms with Crippen molar-refractivity contribution in [3.63, 3.8) is 0 Å². The third kappa shape index (κ3) is 2.90. The van der Waals surface area contributed by atoms with Crippen LogP contribution in [0.1, 0.15) is 15.9 Å². The molecule has 0 saturated carbocycles. The van der Waals surface area contributed by atoms with Crippen molar-refractivity contribution in [3.8, 4) is 11.1 Å². The molecule has 2 aromatic carbocycles. The predicted molar refractivity (Wildman–Crippen MR) is 70.5 cm³/mol. The van der Waals surface area contributed by atoms with E-state index in [0.717, 1.165) is 36.4 Å². The van der Waals surface area contributed by atoms with Gasteiger partial charge in [-0.2, -0.15) is 13.2 Å². The Hall–Kier alpha value is -2.90. The number of benzene rings is 2. The summed E-state index contributed by atoms with van der Waals surface area (Å²) >= 11 is 0. The normalized spacial score (nSPS) is 11.2. The Morgan fingerprint density at radius 2 is 1.73 bits per heavy atom. The molecule has 0 aliphatic rings. The van der Waals surface area contributed by atoms with Crippen LogP contribution in [0.2, 0.25) is 0 Å². The first kappa shape index (κ1) is 15.5. The van der Waals surface area contributed by atoms with Gasteiger partial charge in [0.1, 0.15) is 0 Å². The Morgan fingerprint density at radius 3 is 2.27 bits per heavy atom. The fourth-order valence-corrected chi connectivity index (χ4v) is 2.01. The van der Waals surface area contributed by atoms with E-state index in [4.69, 9.17) is 5.11 Å². The second kappa shape index (κ2) is 5.47. The first-order valence-electron chi connectivity index (χ1n) is 5.90. The number of nitro benzene ring substituents is 1. The number of nitrogens with zero attached hydrogens (tertiary/aromatic N) is 1. The molecule has 22 heavy (non-hydrogen) atoms. The summed E-state index contributed by atoms with van der Waals surface area (Å²) in [6.45, 7) is 0. The number of aromatic carboxylic acids is 1. The SMILES string of the molecule is O=C(O)c1ccc([N+](=O)[O-])c(-c2ccccc2C(F)(F)F)c1. The number of hydrogen-bond acceptors (Lipinski definition) is 3. The van der Waals surface area contributed by atoms with Crippen LogP contribution in [-0.2, 0) is 6.18 Å². The molecular weight excluding hydrogens is 303 g/mol. The molecule has 0 spiro atoms. The minimum Gasteiger partial charge on any atom is -0.478 e. The molecule has 0 radical (unpaired) electrons. The largest absolute Gasteiger partial charge is 0.478 e. The molecule has 0 aliphatic heterocycles. The molecule has 5 nitrogen and oxygen atoms in total. The van der Waals surface area contributed by atoms with Gasteiger partial charge < -0.3 is 5.11 Å². The van der Waals surface area contributed by atoms with Gasteiger partial charge in [0.25, 0.3) is 5.69 Å². The predicted octanol–water partition coefficient (Wildman–Crippen LogP) is 3.98. The van der Waals surface area contributed by atoms with Crippen LogP contribution < -0.4 is 0 Å². The van der Waals surface area contributed by atoms with Crippen molar-refractivity contribution in [2.45, 2.75) is 6.18 Å². The van der Waals surface area contributed by atoms with Crippen LogP contribution in [0.4, 0.5) is 18.9 Å². The standard InChI is InChI=1S/C14H8F3NO4/c15-14(16,17)11-4-2-1-3-9(11)10-7-8(13(19)20)5-6-12(10)18(21)22/h1-7H,(H,19,20). The van der Waals surface area contributed by atoms with E-state index < -0.39 is 39.4 Å². The summed E-state index contributed by atoms with van der Waals surface area (Å²) in [6, 6.07) is 7.02. The quantitative estimate of drug-likeness (QED) is 0.686. The van der Waals surface area contributed by atoms with Gasteiger partial charge in [0.15, 0.2) is 0 Å². The molecule has 2 rings (SSSR count). The van der Waals surface area contributed by atoms with E-state index >= 15 is 0 Å². The summed E-state index contributed by atoms with van der Waals surface area (Å²) < 4.78 is 39.1. The summed E-state index contributed by atoms with van der Waals surface area (Å²) in [7, 11) is 0. The minimum absolute atomic E-state index is 0.336. The van der Waals surface area contributed by atoms with Crippen LogP contribution in [0.25, 0.3) is 11.1 Å². The summed E-state index contributed by atoms with van der Waals surface area (Å²) in [5, 5.41) is 19.9. The van der Waals surface area contributed by atoms with E-state index in [9.17, 15) is 28.1 Å². The van der Waals surface area contributed by atoms with Crippen LogP contribution >= 0.6 is 0 Å². The first-order chi connectivity index (χ1) is 10.2. The molecule has 0 heterocycles. The molecule has 0 amide bonds. The van der Waals surface area contributed by atoms with Crippen molar-refractivity contribution in [2.75, 3.05) is 0 Å². The van der Waals surface area contributed by atoms with Crippen LogP contribution in [0, 0.1) is 10.1 Å². The third-order valence-electron chi connectivity index (χ3n) is 2.96. The number of carboxylic acids is 1. The van der Waals surface area contributed by atoms with Crippen molar-refractivity contribution < 1.29 is 28.0 Å². The highest BCUT2D eigenvalue weighted by Crippen LogP contribution is 2.40. The molecule has 0 bridgehead atoms. The number of carbonyl (C=O) groups is 1. The molecular formula is C14H8F3NO4. The summed E-state index contributed by atoms with van der Waals surface area (Å²) in [6.07, 6.45) is -4.72. The number of nitro groups is 1. The maximum Gasteiger partial charge on any atom is 0.417 e.